The van der Waals surface area contributed by atoms with Gasteiger partial charge in [0.2, 0.25) is 0 Å². The molecule has 1 unspecified atom stereocenters. The molecule has 5 heteroatoms. The van der Waals surface area contributed by atoms with Gasteiger partial charge in [0.15, 0.2) is 0 Å². The van der Waals surface area contributed by atoms with Gasteiger partial charge in [-0.2, -0.15) is 24.5 Å². The number of hydrogen-bond donors (Lipinski definition) is 1. The molecule has 1 atom stereocenters. The molecule has 18 heavy (non-hydrogen) atoms. The summed E-state index contributed by atoms with van der Waals surface area (Å²) in [6, 6.07) is 4.63. The molecule has 0 spiro atoms. The van der Waals surface area contributed by atoms with Crippen molar-refractivity contribution in [1.29, 1.82) is 0 Å². The van der Waals surface area contributed by atoms with E-state index in [1.165, 1.54) is 23.5 Å². The molecule has 96 valence electrons. The molecule has 0 amide bonds. The molecule has 0 aliphatic heterocycles. The minimum absolute atomic E-state index is 0.376. The maximum absolute atomic E-state index is 12.4. The van der Waals surface area contributed by atoms with Gasteiger partial charge in [0, 0.05) is 0 Å². The van der Waals surface area contributed by atoms with Gasteiger partial charge in [-0.15, -0.1) is 0 Å². The van der Waals surface area contributed by atoms with Crippen LogP contribution in [0.15, 0.2) is 35.0 Å². The second kappa shape index (κ2) is 4.74. The molecule has 1 aromatic carbocycles. The first kappa shape index (κ1) is 13.1. The molecular formula is C13H12F3NS. The predicted octanol–water partition coefficient (Wildman–Crippen LogP) is 4.12. The maximum Gasteiger partial charge on any atom is 0.416 e. The highest BCUT2D eigenvalue weighted by atomic mass is 32.1. The molecule has 2 rings (SSSR count). The van der Waals surface area contributed by atoms with Gasteiger partial charge in [-0.1, -0.05) is 12.1 Å². The number of nitrogens with two attached hydrogens (primary N) is 1. The second-order valence-electron chi connectivity index (χ2n) is 4.11. The highest BCUT2D eigenvalue weighted by Crippen LogP contribution is 2.31. The number of aryl methyl sites for hydroxylation is 1. The van der Waals surface area contributed by atoms with Crippen LogP contribution in [0, 0.1) is 6.92 Å². The number of halogens is 3. The van der Waals surface area contributed by atoms with E-state index in [9.17, 15) is 13.2 Å². The van der Waals surface area contributed by atoms with Gasteiger partial charge in [-0.3, -0.25) is 0 Å². The smallest absolute Gasteiger partial charge is 0.320 e. The van der Waals surface area contributed by atoms with Crippen molar-refractivity contribution < 1.29 is 13.2 Å². The molecular weight excluding hydrogens is 259 g/mol. The summed E-state index contributed by atoms with van der Waals surface area (Å²) < 4.78 is 37.3. The monoisotopic (exact) mass is 271 g/mol. The zero-order valence-corrected chi connectivity index (χ0v) is 10.5. The Morgan fingerprint density at radius 3 is 2.17 bits per heavy atom. The van der Waals surface area contributed by atoms with E-state index < -0.39 is 11.7 Å². The second-order valence-corrected chi connectivity index (χ2v) is 4.85. The Hall–Kier alpha value is -1.33. The number of rotatable bonds is 2. The molecule has 2 aromatic rings. The topological polar surface area (TPSA) is 26.0 Å². The van der Waals surface area contributed by atoms with Crippen LogP contribution in [0.3, 0.4) is 0 Å². The fourth-order valence-electron chi connectivity index (χ4n) is 1.75. The third-order valence-corrected chi connectivity index (χ3v) is 3.71. The van der Waals surface area contributed by atoms with Crippen molar-refractivity contribution in [1.82, 2.24) is 0 Å². The van der Waals surface area contributed by atoms with Crippen LogP contribution in [-0.2, 0) is 6.18 Å². The van der Waals surface area contributed by atoms with Gasteiger partial charge < -0.3 is 5.73 Å². The van der Waals surface area contributed by atoms with Crippen LogP contribution in [0.5, 0.6) is 0 Å². The van der Waals surface area contributed by atoms with E-state index in [4.69, 9.17) is 5.73 Å². The molecule has 2 N–H and O–H groups in total. The highest BCUT2D eigenvalue weighted by molar-refractivity contribution is 7.08. The fraction of sp³-hybridized carbons (Fsp3) is 0.231. The summed E-state index contributed by atoms with van der Waals surface area (Å²) in [5.74, 6) is 0. The Morgan fingerprint density at radius 2 is 1.72 bits per heavy atom. The molecule has 0 bridgehead atoms. The van der Waals surface area contributed by atoms with E-state index in [-0.39, 0.29) is 6.04 Å². The summed E-state index contributed by atoms with van der Waals surface area (Å²) in [6.07, 6.45) is -4.30. The van der Waals surface area contributed by atoms with E-state index in [0.29, 0.717) is 5.56 Å². The minimum atomic E-state index is -4.30. The Balaban J connectivity index is 2.28. The molecule has 0 radical (unpaired) electrons. The quantitative estimate of drug-likeness (QED) is 0.873. The average Bonchev–Trinajstić information content (AvgIpc) is 2.73. The third kappa shape index (κ3) is 2.57. The lowest BCUT2D eigenvalue weighted by Gasteiger charge is -2.13. The molecule has 1 heterocycles. The number of hydrogen-bond acceptors (Lipinski definition) is 2. The van der Waals surface area contributed by atoms with Gasteiger partial charge in [0.1, 0.15) is 0 Å². The Morgan fingerprint density at radius 1 is 1.11 bits per heavy atom. The Kier molecular flexibility index (Phi) is 3.45. The first-order valence-electron chi connectivity index (χ1n) is 5.35. The number of alkyl halides is 3. The van der Waals surface area contributed by atoms with Crippen LogP contribution >= 0.6 is 11.3 Å². The van der Waals surface area contributed by atoms with E-state index in [0.717, 1.165) is 23.3 Å². The van der Waals surface area contributed by atoms with Crippen molar-refractivity contribution in [3.8, 4) is 0 Å². The fourth-order valence-corrected chi connectivity index (χ4v) is 2.64. The summed E-state index contributed by atoms with van der Waals surface area (Å²) in [7, 11) is 0. The van der Waals surface area contributed by atoms with Gasteiger partial charge in [0.05, 0.1) is 11.6 Å². The molecule has 1 nitrogen and oxygen atoms in total. The van der Waals surface area contributed by atoms with Crippen LogP contribution in [0.2, 0.25) is 0 Å². The maximum atomic E-state index is 12.4. The van der Waals surface area contributed by atoms with Gasteiger partial charge in [-0.25, -0.2) is 0 Å². The van der Waals surface area contributed by atoms with Crippen LogP contribution in [0.4, 0.5) is 13.2 Å². The first-order chi connectivity index (χ1) is 8.39. The standard InChI is InChI=1S/C13H12F3NS/c1-8-6-18-7-11(8)12(17)9-2-4-10(5-3-9)13(14,15)16/h2-7,12H,17H2,1H3. The van der Waals surface area contributed by atoms with Gasteiger partial charge in [-0.05, 0) is 46.5 Å². The zero-order valence-electron chi connectivity index (χ0n) is 9.66. The average molecular weight is 271 g/mol. The van der Waals surface area contributed by atoms with Crippen LogP contribution < -0.4 is 5.73 Å². The zero-order chi connectivity index (χ0) is 13.3. The van der Waals surface area contributed by atoms with E-state index >= 15 is 0 Å². The van der Waals surface area contributed by atoms with Crippen molar-refractivity contribution in [2.75, 3.05) is 0 Å². The predicted molar refractivity (Wildman–Crippen MR) is 66.5 cm³/mol. The Bertz CT molecular complexity index is 528. The normalized spacial score (nSPS) is 13.6. The first-order valence-corrected chi connectivity index (χ1v) is 6.29. The van der Waals surface area contributed by atoms with Gasteiger partial charge in [0.25, 0.3) is 0 Å². The van der Waals surface area contributed by atoms with Crippen molar-refractivity contribution in [2.24, 2.45) is 5.73 Å². The lowest BCUT2D eigenvalue weighted by atomic mass is 9.98. The largest absolute Gasteiger partial charge is 0.416 e. The number of benzene rings is 1. The van der Waals surface area contributed by atoms with Crippen LogP contribution in [-0.4, -0.2) is 0 Å². The summed E-state index contributed by atoms with van der Waals surface area (Å²) >= 11 is 1.54. The van der Waals surface area contributed by atoms with Crippen molar-refractivity contribution >= 4 is 11.3 Å². The molecule has 1 aromatic heterocycles. The molecule has 0 aliphatic rings. The lowest BCUT2D eigenvalue weighted by molar-refractivity contribution is -0.137. The molecule has 0 saturated carbocycles. The summed E-state index contributed by atoms with van der Waals surface area (Å²) in [5.41, 5.74) is 8.10. The minimum Gasteiger partial charge on any atom is -0.320 e. The van der Waals surface area contributed by atoms with E-state index in [2.05, 4.69) is 0 Å². The summed E-state index contributed by atoms with van der Waals surface area (Å²) in [5, 5.41) is 3.90. The summed E-state index contributed by atoms with van der Waals surface area (Å²) in [4.78, 5) is 0. The lowest BCUT2D eigenvalue weighted by Crippen LogP contribution is -2.13. The Labute approximate surface area is 107 Å². The van der Waals surface area contributed by atoms with Gasteiger partial charge >= 0.3 is 6.18 Å². The third-order valence-electron chi connectivity index (χ3n) is 2.83. The van der Waals surface area contributed by atoms with Crippen molar-refractivity contribution in [3.63, 3.8) is 0 Å². The number of thiophene rings is 1. The summed E-state index contributed by atoms with van der Waals surface area (Å²) in [6.45, 7) is 1.94. The van der Waals surface area contributed by atoms with Crippen molar-refractivity contribution in [3.05, 3.63) is 57.3 Å². The van der Waals surface area contributed by atoms with E-state index in [1.54, 1.807) is 0 Å². The van der Waals surface area contributed by atoms with Crippen LogP contribution in [0.1, 0.15) is 28.3 Å². The van der Waals surface area contributed by atoms with Crippen LogP contribution in [0.25, 0.3) is 0 Å². The SMILES string of the molecule is Cc1cscc1C(N)c1ccc(C(F)(F)F)cc1. The highest BCUT2D eigenvalue weighted by Gasteiger charge is 2.30. The molecule has 0 saturated heterocycles. The molecule has 0 fully saturated rings. The molecule has 0 aliphatic carbocycles. The van der Waals surface area contributed by atoms with Crippen molar-refractivity contribution in [2.45, 2.75) is 19.1 Å². The van der Waals surface area contributed by atoms with E-state index in [1.807, 2.05) is 17.7 Å².